The van der Waals surface area contributed by atoms with Crippen molar-refractivity contribution in [2.24, 2.45) is 0 Å². The minimum absolute atomic E-state index is 0.305. The first-order chi connectivity index (χ1) is 15.2. The number of nitrogens with zero attached hydrogens (tertiary/aromatic N) is 1. The molecule has 160 valence electrons. The van der Waals surface area contributed by atoms with Crippen molar-refractivity contribution in [1.82, 2.24) is 4.98 Å². The maximum atomic E-state index is 14.9. The molecule has 3 aromatic carbocycles. The largest absolute Gasteiger partial charge is 0.494 e. The zero-order chi connectivity index (χ0) is 21.5. The predicted molar refractivity (Wildman–Crippen MR) is 124 cm³/mol. The third-order valence-corrected chi connectivity index (χ3v) is 5.44. The number of ether oxygens (including phenoxy) is 1. The third-order valence-electron chi connectivity index (χ3n) is 5.44. The molecule has 4 heteroatoms. The molecular weight excluding hydrogens is 389 g/mol. The smallest absolute Gasteiger partial charge is 0.227 e. The summed E-state index contributed by atoms with van der Waals surface area (Å²) in [7, 11) is 0. The van der Waals surface area contributed by atoms with Gasteiger partial charge in [0.25, 0.3) is 0 Å². The van der Waals surface area contributed by atoms with Crippen molar-refractivity contribution in [2.75, 3.05) is 6.61 Å². The Balaban J connectivity index is 1.38. The van der Waals surface area contributed by atoms with E-state index in [0.717, 1.165) is 29.9 Å². The highest BCUT2D eigenvalue weighted by atomic mass is 19.1. The molecule has 0 bridgehead atoms. The quantitative estimate of drug-likeness (QED) is 0.245. The number of para-hydroxylation sites is 2. The van der Waals surface area contributed by atoms with E-state index < -0.39 is 0 Å². The summed E-state index contributed by atoms with van der Waals surface area (Å²) in [6.45, 7) is 2.95. The van der Waals surface area contributed by atoms with Crippen LogP contribution in [0.15, 0.2) is 71.1 Å². The highest BCUT2D eigenvalue weighted by Gasteiger charge is 2.12. The zero-order valence-electron chi connectivity index (χ0n) is 17.9. The van der Waals surface area contributed by atoms with E-state index in [4.69, 9.17) is 9.15 Å². The second kappa shape index (κ2) is 10.3. The first-order valence-corrected chi connectivity index (χ1v) is 11.1. The SMILES string of the molecule is CCCCCCCCOc1ccc(-c2ccc(-c3nc4ccccc4o3)cc2F)cc1. The number of unbranched alkanes of at least 4 members (excludes halogenated alkanes) is 5. The van der Waals surface area contributed by atoms with Gasteiger partial charge in [-0.25, -0.2) is 9.37 Å². The number of aromatic nitrogens is 1. The van der Waals surface area contributed by atoms with E-state index >= 15 is 0 Å². The summed E-state index contributed by atoms with van der Waals surface area (Å²) in [5, 5.41) is 0. The van der Waals surface area contributed by atoms with Crippen LogP contribution in [0, 0.1) is 5.82 Å². The van der Waals surface area contributed by atoms with Crippen LogP contribution in [0.1, 0.15) is 45.4 Å². The van der Waals surface area contributed by atoms with Crippen molar-refractivity contribution >= 4 is 11.1 Å². The number of fused-ring (bicyclic) bond motifs is 1. The van der Waals surface area contributed by atoms with Gasteiger partial charge in [-0.05, 0) is 48.4 Å². The molecule has 0 aliphatic rings. The molecule has 1 aromatic heterocycles. The van der Waals surface area contributed by atoms with Gasteiger partial charge < -0.3 is 9.15 Å². The molecule has 3 nitrogen and oxygen atoms in total. The summed E-state index contributed by atoms with van der Waals surface area (Å²) in [6.07, 6.45) is 7.43. The van der Waals surface area contributed by atoms with Crippen LogP contribution in [0.4, 0.5) is 4.39 Å². The normalized spacial score (nSPS) is 11.2. The van der Waals surface area contributed by atoms with Gasteiger partial charge in [0, 0.05) is 11.1 Å². The van der Waals surface area contributed by atoms with Crippen molar-refractivity contribution in [3.05, 3.63) is 72.5 Å². The van der Waals surface area contributed by atoms with Crippen molar-refractivity contribution in [1.29, 1.82) is 0 Å². The maximum absolute atomic E-state index is 14.9. The lowest BCUT2D eigenvalue weighted by molar-refractivity contribution is 0.304. The average Bonchev–Trinajstić information content (AvgIpc) is 3.23. The van der Waals surface area contributed by atoms with Gasteiger partial charge in [-0.15, -0.1) is 0 Å². The fourth-order valence-electron chi connectivity index (χ4n) is 3.68. The highest BCUT2D eigenvalue weighted by Crippen LogP contribution is 2.30. The maximum Gasteiger partial charge on any atom is 0.227 e. The van der Waals surface area contributed by atoms with Crippen molar-refractivity contribution < 1.29 is 13.5 Å². The summed E-state index contributed by atoms with van der Waals surface area (Å²) in [5.74, 6) is 0.936. The first kappa shape index (κ1) is 21.1. The minimum Gasteiger partial charge on any atom is -0.494 e. The van der Waals surface area contributed by atoms with Crippen molar-refractivity contribution in [3.8, 4) is 28.3 Å². The van der Waals surface area contributed by atoms with Gasteiger partial charge in [-0.2, -0.15) is 0 Å². The Hall–Kier alpha value is -3.14. The van der Waals surface area contributed by atoms with Crippen LogP contribution < -0.4 is 4.74 Å². The molecule has 31 heavy (non-hydrogen) atoms. The Kier molecular flexibility index (Phi) is 6.98. The van der Waals surface area contributed by atoms with E-state index in [1.807, 2.05) is 54.6 Å². The Morgan fingerprint density at radius 1 is 0.839 bits per heavy atom. The lowest BCUT2D eigenvalue weighted by Crippen LogP contribution is -1.97. The molecule has 1 heterocycles. The molecule has 0 aliphatic heterocycles. The second-order valence-electron chi connectivity index (χ2n) is 7.82. The zero-order valence-corrected chi connectivity index (χ0v) is 17.9. The van der Waals surface area contributed by atoms with E-state index in [9.17, 15) is 4.39 Å². The summed E-state index contributed by atoms with van der Waals surface area (Å²) >= 11 is 0. The average molecular weight is 418 g/mol. The standard InChI is InChI=1S/C27H28FNO2/c1-2-3-4-5-6-9-18-30-22-15-12-20(13-16-22)23-17-14-21(19-24(23)28)27-29-25-10-7-8-11-26(25)31-27/h7-8,10-17,19H,2-6,9,18H2,1H3. The Morgan fingerprint density at radius 3 is 2.35 bits per heavy atom. The predicted octanol–water partition coefficient (Wildman–Crippen LogP) is 8.04. The molecule has 0 saturated heterocycles. The van der Waals surface area contributed by atoms with Crippen LogP contribution in [0.5, 0.6) is 5.75 Å². The van der Waals surface area contributed by atoms with Gasteiger partial charge >= 0.3 is 0 Å². The van der Waals surface area contributed by atoms with Crippen LogP contribution >= 0.6 is 0 Å². The van der Waals surface area contributed by atoms with Crippen LogP contribution in [-0.2, 0) is 0 Å². The Labute approximate surface area is 182 Å². The van der Waals surface area contributed by atoms with Gasteiger partial charge in [-0.1, -0.05) is 69.4 Å². The van der Waals surface area contributed by atoms with Crippen molar-refractivity contribution in [2.45, 2.75) is 45.4 Å². The highest BCUT2D eigenvalue weighted by molar-refractivity contribution is 5.77. The molecule has 0 saturated carbocycles. The molecule has 0 fully saturated rings. The molecular formula is C27H28FNO2. The molecule has 0 spiro atoms. The molecule has 0 amide bonds. The van der Waals surface area contributed by atoms with Gasteiger partial charge in [0.05, 0.1) is 6.61 Å². The van der Waals surface area contributed by atoms with Crippen LogP contribution in [0.2, 0.25) is 0 Å². The van der Waals surface area contributed by atoms with E-state index in [2.05, 4.69) is 11.9 Å². The summed E-state index contributed by atoms with van der Waals surface area (Å²) in [4.78, 5) is 4.44. The van der Waals surface area contributed by atoms with Crippen LogP contribution in [0.3, 0.4) is 0 Å². The molecule has 0 atom stereocenters. The molecule has 0 N–H and O–H groups in total. The van der Waals surface area contributed by atoms with Gasteiger partial charge in [0.1, 0.15) is 17.1 Å². The molecule has 0 unspecified atom stereocenters. The monoisotopic (exact) mass is 417 g/mol. The molecule has 0 radical (unpaired) electrons. The first-order valence-electron chi connectivity index (χ1n) is 11.1. The van der Waals surface area contributed by atoms with Gasteiger partial charge in [-0.3, -0.25) is 0 Å². The number of oxazole rings is 1. The molecule has 4 rings (SSSR count). The molecule has 4 aromatic rings. The number of hydrogen-bond donors (Lipinski definition) is 0. The number of hydrogen-bond acceptors (Lipinski definition) is 3. The lowest BCUT2D eigenvalue weighted by Gasteiger charge is -2.09. The lowest BCUT2D eigenvalue weighted by atomic mass is 10.0. The number of benzene rings is 3. The van der Waals surface area contributed by atoms with E-state index in [0.29, 0.717) is 22.6 Å². The van der Waals surface area contributed by atoms with Gasteiger partial charge in [0.2, 0.25) is 5.89 Å². The summed E-state index contributed by atoms with van der Waals surface area (Å²) in [5.41, 5.74) is 3.43. The fraction of sp³-hybridized carbons (Fsp3) is 0.296. The van der Waals surface area contributed by atoms with E-state index in [1.165, 1.54) is 38.2 Å². The molecule has 0 aliphatic carbocycles. The topological polar surface area (TPSA) is 35.3 Å². The Bertz CT molecular complexity index is 1080. The van der Waals surface area contributed by atoms with E-state index in [1.54, 1.807) is 6.07 Å². The van der Waals surface area contributed by atoms with Crippen LogP contribution in [-0.4, -0.2) is 11.6 Å². The second-order valence-corrected chi connectivity index (χ2v) is 7.82. The summed E-state index contributed by atoms with van der Waals surface area (Å²) < 4.78 is 26.4. The number of rotatable bonds is 10. The van der Waals surface area contributed by atoms with Crippen molar-refractivity contribution in [3.63, 3.8) is 0 Å². The number of halogens is 1. The van der Waals surface area contributed by atoms with Crippen LogP contribution in [0.25, 0.3) is 33.7 Å². The minimum atomic E-state index is -0.305. The third kappa shape index (κ3) is 5.32. The van der Waals surface area contributed by atoms with E-state index in [-0.39, 0.29) is 5.82 Å². The fourth-order valence-corrected chi connectivity index (χ4v) is 3.68. The Morgan fingerprint density at radius 2 is 1.58 bits per heavy atom. The van der Waals surface area contributed by atoms with Gasteiger partial charge in [0.15, 0.2) is 5.58 Å². The summed E-state index contributed by atoms with van der Waals surface area (Å²) in [6, 6.07) is 20.2.